The molecular weight excluding hydrogens is 208 g/mol. The second-order valence-corrected chi connectivity index (χ2v) is 5.11. The molecule has 0 bridgehead atoms. The molecule has 16 heavy (non-hydrogen) atoms. The smallest absolute Gasteiger partial charge is 0.348 e. The predicted octanol–water partition coefficient (Wildman–Crippen LogP) is 1.92. The van der Waals surface area contributed by atoms with Crippen molar-refractivity contribution in [1.82, 2.24) is 0 Å². The summed E-state index contributed by atoms with van der Waals surface area (Å²) in [5.41, 5.74) is 0. The number of rotatable bonds is 4. The second-order valence-electron chi connectivity index (χ2n) is 5.11. The number of carbonyl (C=O) groups is 2. The van der Waals surface area contributed by atoms with Gasteiger partial charge in [0.1, 0.15) is 0 Å². The van der Waals surface area contributed by atoms with E-state index in [1.807, 2.05) is 27.7 Å². The average Bonchev–Trinajstić information content (AvgIpc) is 2.11. The molecule has 0 spiro atoms. The summed E-state index contributed by atoms with van der Waals surface area (Å²) in [6.45, 7) is 7.89. The fourth-order valence-electron chi connectivity index (χ4n) is 1.67. The summed E-state index contributed by atoms with van der Waals surface area (Å²) in [6, 6.07) is 0. The fourth-order valence-corrected chi connectivity index (χ4v) is 1.67. The van der Waals surface area contributed by atoms with Crippen molar-refractivity contribution in [2.24, 2.45) is 11.8 Å². The molecule has 1 rings (SSSR count). The Morgan fingerprint density at radius 2 is 1.19 bits per heavy atom. The second kappa shape index (κ2) is 5.32. The van der Waals surface area contributed by atoms with Crippen molar-refractivity contribution in [3.05, 3.63) is 0 Å². The van der Waals surface area contributed by atoms with Crippen LogP contribution in [0.1, 0.15) is 40.5 Å². The summed E-state index contributed by atoms with van der Waals surface area (Å²) in [6.07, 6.45) is -0.371. The van der Waals surface area contributed by atoms with Crippen LogP contribution in [0.5, 0.6) is 0 Å². The minimum Gasteiger partial charge on any atom is -0.448 e. The lowest BCUT2D eigenvalue weighted by Crippen LogP contribution is -2.45. The van der Waals surface area contributed by atoms with Crippen LogP contribution in [0.15, 0.2) is 0 Å². The highest BCUT2D eigenvalue weighted by atomic mass is 16.6. The standard InChI is InChI=1S/C12H20O4/c1-7(2)5-9-11(13)16-10(6-8(3)4)12(14)15-9/h7-10H,5-6H2,1-4H3. The van der Waals surface area contributed by atoms with Crippen molar-refractivity contribution in [3.8, 4) is 0 Å². The summed E-state index contributed by atoms with van der Waals surface area (Å²) in [5.74, 6) is -0.211. The van der Waals surface area contributed by atoms with Crippen molar-refractivity contribution < 1.29 is 19.1 Å². The lowest BCUT2D eigenvalue weighted by molar-refractivity contribution is -0.197. The van der Waals surface area contributed by atoms with Gasteiger partial charge in [-0.25, -0.2) is 9.59 Å². The average molecular weight is 228 g/mol. The van der Waals surface area contributed by atoms with E-state index in [0.29, 0.717) is 24.7 Å². The van der Waals surface area contributed by atoms with Crippen molar-refractivity contribution in [2.45, 2.75) is 52.7 Å². The lowest BCUT2D eigenvalue weighted by atomic mass is 10.0. The van der Waals surface area contributed by atoms with Crippen molar-refractivity contribution in [1.29, 1.82) is 0 Å². The molecule has 4 nitrogen and oxygen atoms in total. The minimum atomic E-state index is -0.712. The first-order chi connectivity index (χ1) is 7.40. The van der Waals surface area contributed by atoms with E-state index in [0.717, 1.165) is 0 Å². The SMILES string of the molecule is CC(C)CC1OC(=O)C(CC(C)C)OC1=O. The van der Waals surface area contributed by atoms with Crippen LogP contribution in [0.2, 0.25) is 0 Å². The Balaban J connectivity index is 2.56. The molecule has 2 unspecified atom stereocenters. The summed E-state index contributed by atoms with van der Waals surface area (Å²) >= 11 is 0. The Hall–Kier alpha value is -1.06. The van der Waals surface area contributed by atoms with E-state index in [4.69, 9.17) is 9.47 Å². The number of cyclic esters (lactones) is 2. The molecule has 0 aromatic heterocycles. The van der Waals surface area contributed by atoms with E-state index in [1.165, 1.54) is 0 Å². The molecule has 0 aromatic rings. The van der Waals surface area contributed by atoms with Crippen LogP contribution >= 0.6 is 0 Å². The molecule has 1 fully saturated rings. The topological polar surface area (TPSA) is 52.6 Å². The van der Waals surface area contributed by atoms with Gasteiger partial charge in [-0.2, -0.15) is 0 Å². The maximum Gasteiger partial charge on any atom is 0.348 e. The molecule has 92 valence electrons. The van der Waals surface area contributed by atoms with E-state index in [-0.39, 0.29) is 0 Å². The molecule has 0 saturated carbocycles. The van der Waals surface area contributed by atoms with Crippen molar-refractivity contribution in [2.75, 3.05) is 0 Å². The maximum atomic E-state index is 11.6. The Morgan fingerprint density at radius 3 is 1.44 bits per heavy atom. The zero-order chi connectivity index (χ0) is 12.3. The van der Waals surface area contributed by atoms with Crippen LogP contribution < -0.4 is 0 Å². The highest BCUT2D eigenvalue weighted by molar-refractivity contribution is 5.87. The lowest BCUT2D eigenvalue weighted by Gasteiger charge is -2.29. The number of esters is 2. The first-order valence-electron chi connectivity index (χ1n) is 5.81. The largest absolute Gasteiger partial charge is 0.448 e. The van der Waals surface area contributed by atoms with Crippen LogP contribution in [0.25, 0.3) is 0 Å². The predicted molar refractivity (Wildman–Crippen MR) is 58.7 cm³/mol. The van der Waals surface area contributed by atoms with Gasteiger partial charge in [0.2, 0.25) is 0 Å². The molecule has 4 heteroatoms. The summed E-state index contributed by atoms with van der Waals surface area (Å²) < 4.78 is 10.2. The molecule has 1 heterocycles. The van der Waals surface area contributed by atoms with E-state index >= 15 is 0 Å². The van der Waals surface area contributed by atoms with E-state index in [9.17, 15) is 9.59 Å². The van der Waals surface area contributed by atoms with Gasteiger partial charge in [-0.3, -0.25) is 0 Å². The number of hydrogen-bond acceptors (Lipinski definition) is 4. The Bertz CT molecular complexity index is 242. The number of ether oxygens (including phenoxy) is 2. The van der Waals surface area contributed by atoms with Crippen LogP contribution in [-0.2, 0) is 19.1 Å². The van der Waals surface area contributed by atoms with E-state index < -0.39 is 24.1 Å². The highest BCUT2D eigenvalue weighted by Crippen LogP contribution is 2.20. The third-order valence-corrected chi connectivity index (χ3v) is 2.41. The molecule has 0 aliphatic carbocycles. The molecule has 0 amide bonds. The minimum absolute atomic E-state index is 0.298. The zero-order valence-corrected chi connectivity index (χ0v) is 10.4. The van der Waals surface area contributed by atoms with Gasteiger partial charge in [-0.1, -0.05) is 27.7 Å². The quantitative estimate of drug-likeness (QED) is 0.690. The van der Waals surface area contributed by atoms with Gasteiger partial charge >= 0.3 is 11.9 Å². The molecule has 1 aliphatic heterocycles. The maximum absolute atomic E-state index is 11.6. The normalized spacial score (nSPS) is 25.9. The zero-order valence-electron chi connectivity index (χ0n) is 10.4. The third-order valence-electron chi connectivity index (χ3n) is 2.41. The highest BCUT2D eigenvalue weighted by Gasteiger charge is 2.38. The van der Waals surface area contributed by atoms with Crippen LogP contribution in [0.3, 0.4) is 0 Å². The van der Waals surface area contributed by atoms with Crippen LogP contribution in [0.4, 0.5) is 0 Å². The van der Waals surface area contributed by atoms with Gasteiger partial charge in [0.25, 0.3) is 0 Å². The van der Waals surface area contributed by atoms with Crippen molar-refractivity contribution in [3.63, 3.8) is 0 Å². The molecule has 1 aliphatic rings. The molecule has 0 radical (unpaired) electrons. The first-order valence-corrected chi connectivity index (χ1v) is 5.81. The third kappa shape index (κ3) is 3.51. The number of hydrogen-bond donors (Lipinski definition) is 0. The van der Waals surface area contributed by atoms with Gasteiger partial charge < -0.3 is 9.47 Å². The molecule has 1 saturated heterocycles. The van der Waals surface area contributed by atoms with Crippen LogP contribution in [0, 0.1) is 11.8 Å². The molecule has 0 N–H and O–H groups in total. The fraction of sp³-hybridized carbons (Fsp3) is 0.833. The van der Waals surface area contributed by atoms with Gasteiger partial charge in [0.05, 0.1) is 0 Å². The molecular formula is C12H20O4. The van der Waals surface area contributed by atoms with Crippen molar-refractivity contribution >= 4 is 11.9 Å². The van der Waals surface area contributed by atoms with Gasteiger partial charge in [-0.15, -0.1) is 0 Å². The number of carbonyl (C=O) groups excluding carboxylic acids is 2. The molecule has 2 atom stereocenters. The van der Waals surface area contributed by atoms with E-state index in [2.05, 4.69) is 0 Å². The Morgan fingerprint density at radius 1 is 0.875 bits per heavy atom. The molecule has 0 aromatic carbocycles. The van der Waals surface area contributed by atoms with Crippen LogP contribution in [-0.4, -0.2) is 24.1 Å². The first kappa shape index (κ1) is 13.0. The summed E-state index contributed by atoms with van der Waals surface area (Å²) in [5, 5.41) is 0. The Labute approximate surface area is 96.3 Å². The van der Waals surface area contributed by atoms with Gasteiger partial charge in [0.15, 0.2) is 12.2 Å². The van der Waals surface area contributed by atoms with Gasteiger partial charge in [-0.05, 0) is 24.7 Å². The summed E-state index contributed by atoms with van der Waals surface area (Å²) in [4.78, 5) is 23.1. The van der Waals surface area contributed by atoms with E-state index in [1.54, 1.807) is 0 Å². The summed E-state index contributed by atoms with van der Waals surface area (Å²) in [7, 11) is 0. The monoisotopic (exact) mass is 228 g/mol. The van der Waals surface area contributed by atoms with Gasteiger partial charge in [0, 0.05) is 0 Å². The Kier molecular flexibility index (Phi) is 4.33.